The minimum Gasteiger partial charge on any atom is -0.497 e. The number of carbonyl (C=O) groups excluding carboxylic acids is 1. The van der Waals surface area contributed by atoms with Crippen molar-refractivity contribution < 1.29 is 28.6 Å². The Balaban J connectivity index is 1.41. The van der Waals surface area contributed by atoms with Gasteiger partial charge in [0.15, 0.2) is 0 Å². The van der Waals surface area contributed by atoms with Crippen LogP contribution in [0.15, 0.2) is 39.7 Å². The molecule has 190 valence electrons. The van der Waals surface area contributed by atoms with E-state index in [4.69, 9.17) is 19.0 Å². The van der Waals surface area contributed by atoms with Crippen LogP contribution >= 0.6 is 12.6 Å². The number of hydrogen-bond donors (Lipinski definition) is 3. The number of nitrogens with one attached hydrogen (secondary N) is 1. The first-order chi connectivity index (χ1) is 17.3. The molecule has 1 amide bonds. The Labute approximate surface area is 216 Å². The minimum atomic E-state index is -1.08. The van der Waals surface area contributed by atoms with Crippen LogP contribution in [0.4, 0.5) is 0 Å². The quantitative estimate of drug-likeness (QED) is 0.331. The van der Waals surface area contributed by atoms with Crippen molar-refractivity contribution in [3.63, 3.8) is 0 Å². The molecule has 36 heavy (non-hydrogen) atoms. The molecule has 1 aromatic heterocycles. The number of thiol groups is 1. The Kier molecular flexibility index (Phi) is 6.88. The maximum atomic E-state index is 13.1. The summed E-state index contributed by atoms with van der Waals surface area (Å²) in [7, 11) is 3.12. The van der Waals surface area contributed by atoms with Gasteiger partial charge < -0.3 is 24.3 Å². The third-order valence-corrected chi connectivity index (χ3v) is 8.19. The van der Waals surface area contributed by atoms with Crippen molar-refractivity contribution in [1.29, 1.82) is 0 Å². The highest BCUT2D eigenvalue weighted by Gasteiger charge is 2.48. The van der Waals surface area contributed by atoms with Crippen LogP contribution < -0.4 is 14.8 Å². The van der Waals surface area contributed by atoms with E-state index in [0.29, 0.717) is 46.0 Å². The van der Waals surface area contributed by atoms with Gasteiger partial charge in [-0.3, -0.25) is 4.79 Å². The van der Waals surface area contributed by atoms with Crippen molar-refractivity contribution >= 4 is 36.7 Å². The lowest BCUT2D eigenvalue weighted by molar-refractivity contribution is -0.131. The van der Waals surface area contributed by atoms with Crippen LogP contribution in [0.3, 0.4) is 0 Å². The average molecular weight is 510 g/mol. The number of carboxylic acids is 1. The topological polar surface area (TPSA) is 98.0 Å². The van der Waals surface area contributed by atoms with Gasteiger partial charge in [0.1, 0.15) is 23.0 Å². The van der Waals surface area contributed by atoms with Gasteiger partial charge in [-0.1, -0.05) is 0 Å². The fourth-order valence-corrected chi connectivity index (χ4v) is 6.67. The van der Waals surface area contributed by atoms with E-state index < -0.39 is 5.97 Å². The fraction of sp³-hybridized carbons (Fsp3) is 0.429. The van der Waals surface area contributed by atoms with Crippen molar-refractivity contribution in [2.24, 2.45) is 23.7 Å². The Morgan fingerprint density at radius 3 is 2.17 bits per heavy atom. The van der Waals surface area contributed by atoms with Crippen LogP contribution in [0.5, 0.6) is 11.5 Å². The number of benzene rings is 1. The Morgan fingerprint density at radius 2 is 1.61 bits per heavy atom. The minimum absolute atomic E-state index is 0.198. The van der Waals surface area contributed by atoms with Gasteiger partial charge in [-0.25, -0.2) is 4.79 Å². The number of ether oxygens (including phenoxy) is 2. The van der Waals surface area contributed by atoms with E-state index in [-0.39, 0.29) is 16.9 Å². The predicted octanol–water partition coefficient (Wildman–Crippen LogP) is 5.27. The molecule has 7 nitrogen and oxygen atoms in total. The van der Waals surface area contributed by atoms with E-state index in [2.05, 4.69) is 17.9 Å². The zero-order valence-corrected chi connectivity index (χ0v) is 21.3. The number of methoxy groups -OCH3 is 2. The molecule has 4 aliphatic carbocycles. The molecule has 0 radical (unpaired) electrons. The van der Waals surface area contributed by atoms with Gasteiger partial charge in [-0.15, -0.1) is 12.6 Å². The monoisotopic (exact) mass is 509 g/mol. The largest absolute Gasteiger partial charge is 0.497 e. The molecule has 4 bridgehead atoms. The number of rotatable bonds is 8. The SMILES string of the molecule is COc1cc(OC)cc(-c2cc(/C=C/C(=O)O)c(/C=C(\S)C(=O)NC3C4CC5CC(C4)CC3C5)o2)c1. The molecule has 0 atom stereocenters. The molecular formula is C28H31NO6S. The Hall–Kier alpha value is -3.13. The van der Waals surface area contributed by atoms with Crippen LogP contribution in [0, 0.1) is 23.7 Å². The second kappa shape index (κ2) is 10.1. The summed E-state index contributed by atoms with van der Waals surface area (Å²) < 4.78 is 16.8. The molecule has 1 aromatic carbocycles. The van der Waals surface area contributed by atoms with Gasteiger partial charge in [-0.2, -0.15) is 0 Å². The predicted molar refractivity (Wildman–Crippen MR) is 140 cm³/mol. The smallest absolute Gasteiger partial charge is 0.328 e. The number of amides is 1. The lowest BCUT2D eigenvalue weighted by Crippen LogP contribution is -2.55. The zero-order valence-electron chi connectivity index (χ0n) is 20.4. The standard InChI is InChI=1S/C28H31NO6S/c1-33-21-10-18(11-22(13-21)34-2)23-12-17(3-4-26(30)31)24(35-23)14-25(36)28(32)29-27-19-6-15-5-16(8-19)9-20(27)7-15/h3-4,10-16,19-20,27,36H,5-9H2,1-2H3,(H,29,32)(H,30,31)/b4-3+,25-14-. The van der Waals surface area contributed by atoms with E-state index in [0.717, 1.165) is 17.9 Å². The summed E-state index contributed by atoms with van der Waals surface area (Å²) in [4.78, 5) is 24.5. The van der Waals surface area contributed by atoms with Gasteiger partial charge >= 0.3 is 5.97 Å². The third-order valence-electron chi connectivity index (χ3n) is 7.86. The van der Waals surface area contributed by atoms with Gasteiger partial charge in [0.05, 0.1) is 19.1 Å². The second-order valence-corrected chi connectivity index (χ2v) is 10.6. The van der Waals surface area contributed by atoms with Crippen molar-refractivity contribution in [3.05, 3.63) is 46.6 Å². The van der Waals surface area contributed by atoms with Gasteiger partial charge in [0.25, 0.3) is 5.91 Å². The first-order valence-corrected chi connectivity index (χ1v) is 12.8. The molecule has 4 saturated carbocycles. The van der Waals surface area contributed by atoms with E-state index >= 15 is 0 Å². The average Bonchev–Trinajstić information content (AvgIpc) is 3.26. The Bertz CT molecular complexity index is 1180. The molecule has 8 heteroatoms. The second-order valence-electron chi connectivity index (χ2n) is 10.2. The lowest BCUT2D eigenvalue weighted by atomic mass is 9.54. The maximum absolute atomic E-state index is 13.1. The highest BCUT2D eigenvalue weighted by molar-refractivity contribution is 7.85. The molecule has 6 rings (SSSR count). The summed E-state index contributed by atoms with van der Waals surface area (Å²) in [5.41, 5.74) is 1.21. The van der Waals surface area contributed by atoms with Crippen LogP contribution in [0.2, 0.25) is 0 Å². The van der Waals surface area contributed by atoms with Crippen molar-refractivity contribution in [1.82, 2.24) is 5.32 Å². The lowest BCUT2D eigenvalue weighted by Gasteiger charge is -2.54. The number of hydrogen-bond acceptors (Lipinski definition) is 6. The number of aliphatic carboxylic acids is 1. The van der Waals surface area contributed by atoms with E-state index in [9.17, 15) is 9.59 Å². The normalized spacial score (nSPS) is 26.9. The molecule has 2 N–H and O–H groups in total. The van der Waals surface area contributed by atoms with Gasteiger partial charge in [0.2, 0.25) is 0 Å². The summed E-state index contributed by atoms with van der Waals surface area (Å²) in [6, 6.07) is 7.25. The fourth-order valence-electron chi connectivity index (χ4n) is 6.49. The Morgan fingerprint density at radius 1 is 1.00 bits per heavy atom. The van der Waals surface area contributed by atoms with Gasteiger partial charge in [0, 0.05) is 35.4 Å². The van der Waals surface area contributed by atoms with Crippen LogP contribution in [-0.2, 0) is 9.59 Å². The summed E-state index contributed by atoms with van der Waals surface area (Å²) in [5.74, 6) is 3.44. The van der Waals surface area contributed by atoms with Crippen molar-refractivity contribution in [2.75, 3.05) is 14.2 Å². The molecule has 4 aliphatic rings. The summed E-state index contributed by atoms with van der Waals surface area (Å²) in [5, 5.41) is 12.4. The van der Waals surface area contributed by atoms with Crippen molar-refractivity contribution in [3.8, 4) is 22.8 Å². The van der Waals surface area contributed by atoms with Crippen LogP contribution in [-0.4, -0.2) is 37.2 Å². The molecule has 0 unspecified atom stereocenters. The zero-order chi connectivity index (χ0) is 25.4. The van der Waals surface area contributed by atoms with Crippen LogP contribution in [0.1, 0.15) is 43.4 Å². The molecule has 1 heterocycles. The maximum Gasteiger partial charge on any atom is 0.328 e. The molecule has 0 saturated heterocycles. The summed E-state index contributed by atoms with van der Waals surface area (Å²) >= 11 is 4.49. The number of carbonyl (C=O) groups is 2. The summed E-state index contributed by atoms with van der Waals surface area (Å²) in [6.45, 7) is 0. The van der Waals surface area contributed by atoms with Gasteiger partial charge in [-0.05, 0) is 80.1 Å². The summed E-state index contributed by atoms with van der Waals surface area (Å²) in [6.07, 6.45) is 10.2. The number of carboxylic acid groups (broad SMARTS) is 1. The van der Waals surface area contributed by atoms with E-state index in [1.807, 2.05) is 0 Å². The first-order valence-electron chi connectivity index (χ1n) is 12.3. The molecule has 4 fully saturated rings. The van der Waals surface area contributed by atoms with E-state index in [1.165, 1.54) is 38.2 Å². The molecule has 2 aromatic rings. The third kappa shape index (κ3) is 5.05. The highest BCUT2D eigenvalue weighted by atomic mass is 32.1. The van der Waals surface area contributed by atoms with Crippen LogP contribution in [0.25, 0.3) is 23.5 Å². The van der Waals surface area contributed by atoms with Crippen molar-refractivity contribution in [2.45, 2.75) is 38.1 Å². The van der Waals surface area contributed by atoms with E-state index in [1.54, 1.807) is 44.6 Å². The molecule has 0 spiro atoms. The molecular weight excluding hydrogens is 478 g/mol. The molecule has 0 aliphatic heterocycles. The highest BCUT2D eigenvalue weighted by Crippen LogP contribution is 2.53. The first kappa shape index (κ1) is 24.6. The number of furan rings is 1.